The maximum absolute atomic E-state index is 12.3. The number of likely N-dealkylation sites (tertiary alicyclic amines) is 1. The molecule has 1 aliphatic heterocycles. The molecule has 23 heavy (non-hydrogen) atoms. The molecule has 128 valence electrons. The van der Waals surface area contributed by atoms with Gasteiger partial charge >= 0.3 is 0 Å². The number of hydrogen-bond acceptors (Lipinski definition) is 4. The summed E-state index contributed by atoms with van der Waals surface area (Å²) in [4.78, 5) is 14.8. The Bertz CT molecular complexity index is 508. The number of carbonyl (C=O) groups excluding carboxylic acids is 1. The minimum Gasteiger partial charge on any atom is -0.351 e. The average Bonchev–Trinajstić information content (AvgIpc) is 3.05. The molecule has 0 bridgehead atoms. The molecule has 0 radical (unpaired) electrons. The monoisotopic (exact) mass is 319 g/mol. The number of hydrogen-bond donors (Lipinski definition) is 1. The highest BCUT2D eigenvalue weighted by molar-refractivity contribution is 5.91. The summed E-state index contributed by atoms with van der Waals surface area (Å²) in [6.45, 7) is 5.35. The van der Waals surface area contributed by atoms with Gasteiger partial charge in [-0.15, -0.1) is 0 Å². The Morgan fingerprint density at radius 2 is 2.13 bits per heavy atom. The van der Waals surface area contributed by atoms with Gasteiger partial charge in [0.15, 0.2) is 0 Å². The van der Waals surface area contributed by atoms with Crippen LogP contribution in [0.2, 0.25) is 0 Å². The van der Waals surface area contributed by atoms with E-state index >= 15 is 0 Å². The van der Waals surface area contributed by atoms with E-state index in [9.17, 15) is 4.79 Å². The summed E-state index contributed by atoms with van der Waals surface area (Å²) in [7, 11) is 0. The summed E-state index contributed by atoms with van der Waals surface area (Å²) >= 11 is 0. The largest absolute Gasteiger partial charge is 0.351 e. The SMILES string of the molecule is CCc1cc(C(=O)NC2CCCN(CC3CCCCC3)C2)on1. The average molecular weight is 319 g/mol. The molecule has 2 aliphatic rings. The number of carbonyl (C=O) groups is 1. The molecule has 1 aromatic heterocycles. The zero-order chi connectivity index (χ0) is 16.1. The van der Waals surface area contributed by atoms with Gasteiger partial charge in [0.05, 0.1) is 5.69 Å². The number of aryl methyl sites for hydroxylation is 1. The molecule has 3 rings (SSSR count). The first-order valence-electron chi connectivity index (χ1n) is 9.23. The zero-order valence-corrected chi connectivity index (χ0v) is 14.2. The van der Waals surface area contributed by atoms with Gasteiger partial charge in [-0.05, 0) is 44.6 Å². The summed E-state index contributed by atoms with van der Waals surface area (Å²) < 4.78 is 5.13. The first kappa shape index (κ1) is 16.5. The highest BCUT2D eigenvalue weighted by Crippen LogP contribution is 2.25. The van der Waals surface area contributed by atoms with E-state index in [-0.39, 0.29) is 11.9 Å². The Kier molecular flexibility index (Phi) is 5.70. The molecule has 5 nitrogen and oxygen atoms in total. The molecule has 1 saturated carbocycles. The van der Waals surface area contributed by atoms with E-state index in [0.29, 0.717) is 5.76 Å². The van der Waals surface area contributed by atoms with Crippen LogP contribution >= 0.6 is 0 Å². The fraction of sp³-hybridized carbons (Fsp3) is 0.778. The van der Waals surface area contributed by atoms with Crippen LogP contribution in [0.4, 0.5) is 0 Å². The second-order valence-corrected chi connectivity index (χ2v) is 7.11. The normalized spacial score (nSPS) is 23.8. The highest BCUT2D eigenvalue weighted by atomic mass is 16.5. The maximum atomic E-state index is 12.3. The lowest BCUT2D eigenvalue weighted by Gasteiger charge is -2.36. The Morgan fingerprint density at radius 1 is 1.30 bits per heavy atom. The van der Waals surface area contributed by atoms with Crippen molar-refractivity contribution >= 4 is 5.91 Å². The van der Waals surface area contributed by atoms with E-state index in [0.717, 1.165) is 37.4 Å². The second-order valence-electron chi connectivity index (χ2n) is 7.11. The lowest BCUT2D eigenvalue weighted by molar-refractivity contribution is 0.0854. The number of amides is 1. The summed E-state index contributed by atoms with van der Waals surface area (Å²) in [5.74, 6) is 1.08. The molecular formula is C18H29N3O2. The van der Waals surface area contributed by atoms with Crippen LogP contribution in [0.1, 0.15) is 68.1 Å². The van der Waals surface area contributed by atoms with Crippen LogP contribution in [0, 0.1) is 5.92 Å². The third-order valence-corrected chi connectivity index (χ3v) is 5.23. The van der Waals surface area contributed by atoms with Crippen LogP contribution < -0.4 is 5.32 Å². The molecule has 0 aromatic carbocycles. The molecule has 1 saturated heterocycles. The molecule has 1 aromatic rings. The predicted molar refractivity (Wildman–Crippen MR) is 89.4 cm³/mol. The number of piperidine rings is 1. The molecule has 5 heteroatoms. The molecule has 2 fully saturated rings. The van der Waals surface area contributed by atoms with Gasteiger partial charge in [-0.2, -0.15) is 0 Å². The minimum absolute atomic E-state index is 0.123. The van der Waals surface area contributed by atoms with E-state index in [1.165, 1.54) is 45.2 Å². The number of rotatable bonds is 5. The van der Waals surface area contributed by atoms with Crippen LogP contribution in [0.3, 0.4) is 0 Å². The van der Waals surface area contributed by atoms with Crippen LogP contribution in [0.15, 0.2) is 10.6 Å². The summed E-state index contributed by atoms with van der Waals surface area (Å²) in [5, 5.41) is 7.02. The molecular weight excluding hydrogens is 290 g/mol. The van der Waals surface area contributed by atoms with Gasteiger partial charge in [-0.3, -0.25) is 4.79 Å². The van der Waals surface area contributed by atoms with Gasteiger partial charge in [0, 0.05) is 25.2 Å². The van der Waals surface area contributed by atoms with Crippen molar-refractivity contribution in [2.24, 2.45) is 5.92 Å². The van der Waals surface area contributed by atoms with Crippen molar-refractivity contribution in [1.82, 2.24) is 15.4 Å². The third kappa shape index (κ3) is 4.56. The molecule has 1 atom stereocenters. The van der Waals surface area contributed by atoms with Crippen molar-refractivity contribution in [3.8, 4) is 0 Å². The number of aromatic nitrogens is 1. The van der Waals surface area contributed by atoms with E-state index < -0.39 is 0 Å². The van der Waals surface area contributed by atoms with Crippen LogP contribution in [0.5, 0.6) is 0 Å². The Morgan fingerprint density at radius 3 is 2.87 bits per heavy atom. The summed E-state index contributed by atoms with van der Waals surface area (Å²) in [5.41, 5.74) is 0.831. The van der Waals surface area contributed by atoms with Crippen LogP contribution in [0.25, 0.3) is 0 Å². The van der Waals surface area contributed by atoms with E-state index in [1.54, 1.807) is 6.07 Å². The van der Waals surface area contributed by atoms with Gasteiger partial charge in [-0.1, -0.05) is 31.3 Å². The maximum Gasteiger partial charge on any atom is 0.290 e. The summed E-state index contributed by atoms with van der Waals surface area (Å²) in [6, 6.07) is 1.98. The van der Waals surface area contributed by atoms with Gasteiger partial charge in [-0.25, -0.2) is 0 Å². The fourth-order valence-electron chi connectivity index (χ4n) is 3.92. The molecule has 2 heterocycles. The Balaban J connectivity index is 1.48. The predicted octanol–water partition coefficient (Wildman–Crippen LogP) is 3.01. The molecule has 0 spiro atoms. The summed E-state index contributed by atoms with van der Waals surface area (Å²) in [6.07, 6.45) is 9.96. The van der Waals surface area contributed by atoms with Crippen molar-refractivity contribution in [2.45, 2.75) is 64.3 Å². The first-order chi connectivity index (χ1) is 11.2. The van der Waals surface area contributed by atoms with Gasteiger partial charge in [0.25, 0.3) is 5.91 Å². The van der Waals surface area contributed by atoms with E-state index in [4.69, 9.17) is 4.52 Å². The van der Waals surface area contributed by atoms with Gasteiger partial charge in [0.1, 0.15) is 0 Å². The van der Waals surface area contributed by atoms with Crippen molar-refractivity contribution < 1.29 is 9.32 Å². The molecule has 1 aliphatic carbocycles. The molecule has 1 unspecified atom stereocenters. The molecule has 1 N–H and O–H groups in total. The smallest absolute Gasteiger partial charge is 0.290 e. The van der Waals surface area contributed by atoms with E-state index in [1.807, 2.05) is 6.92 Å². The Hall–Kier alpha value is -1.36. The lowest BCUT2D eigenvalue weighted by Crippen LogP contribution is -2.48. The third-order valence-electron chi connectivity index (χ3n) is 5.23. The number of nitrogens with one attached hydrogen (secondary N) is 1. The topological polar surface area (TPSA) is 58.4 Å². The van der Waals surface area contributed by atoms with Crippen molar-refractivity contribution in [3.05, 3.63) is 17.5 Å². The number of nitrogens with zero attached hydrogens (tertiary/aromatic N) is 2. The molecule has 1 amide bonds. The lowest BCUT2D eigenvalue weighted by atomic mass is 9.88. The van der Waals surface area contributed by atoms with Crippen LogP contribution in [-0.2, 0) is 6.42 Å². The quantitative estimate of drug-likeness (QED) is 0.906. The standard InChI is InChI=1S/C18H29N3O2/c1-2-15-11-17(23-20-15)18(22)19-16-9-6-10-21(13-16)12-14-7-4-3-5-8-14/h11,14,16H,2-10,12-13H2,1H3,(H,19,22). The van der Waals surface area contributed by atoms with Crippen molar-refractivity contribution in [1.29, 1.82) is 0 Å². The Labute approximate surface area is 138 Å². The minimum atomic E-state index is -0.123. The second kappa shape index (κ2) is 7.95. The zero-order valence-electron chi connectivity index (χ0n) is 14.2. The van der Waals surface area contributed by atoms with E-state index in [2.05, 4.69) is 15.4 Å². The van der Waals surface area contributed by atoms with Crippen LogP contribution in [-0.4, -0.2) is 41.6 Å². The fourth-order valence-corrected chi connectivity index (χ4v) is 3.92. The van der Waals surface area contributed by atoms with Gasteiger partial charge < -0.3 is 14.7 Å². The highest BCUT2D eigenvalue weighted by Gasteiger charge is 2.25. The van der Waals surface area contributed by atoms with Crippen molar-refractivity contribution in [3.63, 3.8) is 0 Å². The van der Waals surface area contributed by atoms with Gasteiger partial charge in [0.2, 0.25) is 5.76 Å². The first-order valence-corrected chi connectivity index (χ1v) is 9.23. The van der Waals surface area contributed by atoms with Crippen molar-refractivity contribution in [2.75, 3.05) is 19.6 Å².